The Hall–Kier alpha value is -2.75. The fourth-order valence-corrected chi connectivity index (χ4v) is 9.85. The van der Waals surface area contributed by atoms with Crippen LogP contribution in [-0.2, 0) is 0 Å². The van der Waals surface area contributed by atoms with Gasteiger partial charge in [-0.2, -0.15) is 0 Å². The molecule has 0 fully saturated rings. The summed E-state index contributed by atoms with van der Waals surface area (Å²) in [5.41, 5.74) is 6.04. The molecule has 0 N–H and O–H groups in total. The molecule has 0 nitrogen and oxygen atoms in total. The quantitative estimate of drug-likeness (QED) is 0.155. The van der Waals surface area contributed by atoms with Gasteiger partial charge in [0.25, 0.3) is 0 Å². The van der Waals surface area contributed by atoms with Gasteiger partial charge in [-0.05, 0) is 31.9 Å². The molecule has 4 heteroatoms. The third-order valence-corrected chi connectivity index (χ3v) is 14.3. The summed E-state index contributed by atoms with van der Waals surface area (Å²) in [5.74, 6) is 0. The zero-order valence-electron chi connectivity index (χ0n) is 20.8. The zero-order valence-corrected chi connectivity index (χ0v) is 22.8. The van der Waals surface area contributed by atoms with Crippen LogP contribution in [0.4, 0.5) is 8.22 Å². The lowest BCUT2D eigenvalue weighted by atomic mass is 10.1. The van der Waals surface area contributed by atoms with Crippen LogP contribution >= 0.6 is 0 Å². The molecule has 0 aliphatic heterocycles. The molecule has 2 atom stereocenters. The molecular formula is C30H32F2Si2. The van der Waals surface area contributed by atoms with Crippen molar-refractivity contribution in [2.75, 3.05) is 0 Å². The van der Waals surface area contributed by atoms with E-state index in [0.29, 0.717) is 10.4 Å². The van der Waals surface area contributed by atoms with E-state index in [1.807, 2.05) is 126 Å². The molecule has 2 unspecified atom stereocenters. The van der Waals surface area contributed by atoms with Crippen LogP contribution in [-0.4, -0.2) is 16.8 Å². The second-order valence-electron chi connectivity index (χ2n) is 11.2. The average molecular weight is 487 g/mol. The largest absolute Gasteiger partial charge is 0.358 e. The SMILES string of the molecule is CC(C)(C)[Si](F)(C#C[Si](F)(c1ccc2ccccc2c1)C(C)(C)C)c1ccc2ccccc2c1. The van der Waals surface area contributed by atoms with E-state index >= 15 is 8.22 Å². The van der Waals surface area contributed by atoms with E-state index in [1.165, 1.54) is 0 Å². The molecular weight excluding hydrogens is 454 g/mol. The molecule has 0 aliphatic rings. The maximum atomic E-state index is 17.1. The van der Waals surface area contributed by atoms with Crippen molar-refractivity contribution in [2.24, 2.45) is 0 Å². The lowest BCUT2D eigenvalue weighted by Crippen LogP contribution is -2.54. The molecule has 0 saturated carbocycles. The molecule has 0 saturated heterocycles. The highest BCUT2D eigenvalue weighted by molar-refractivity contribution is 7.00. The summed E-state index contributed by atoms with van der Waals surface area (Å²) in [6, 6.07) is 27.3. The minimum absolute atomic E-state index is 0.606. The van der Waals surface area contributed by atoms with Gasteiger partial charge in [-0.1, -0.05) is 138 Å². The van der Waals surface area contributed by atoms with Crippen molar-refractivity contribution in [3.05, 3.63) is 84.9 Å². The van der Waals surface area contributed by atoms with Crippen LogP contribution in [0.25, 0.3) is 21.5 Å². The van der Waals surface area contributed by atoms with Crippen LogP contribution in [0, 0.1) is 11.1 Å². The first-order chi connectivity index (χ1) is 15.9. The highest BCUT2D eigenvalue weighted by Crippen LogP contribution is 2.40. The Kier molecular flexibility index (Phi) is 6.08. The maximum absolute atomic E-state index is 17.1. The number of rotatable bonds is 2. The molecule has 0 heterocycles. The van der Waals surface area contributed by atoms with Crippen molar-refractivity contribution in [1.82, 2.24) is 0 Å². The van der Waals surface area contributed by atoms with Crippen LogP contribution < -0.4 is 10.4 Å². The molecule has 0 amide bonds. The van der Waals surface area contributed by atoms with E-state index in [2.05, 4.69) is 11.1 Å². The third-order valence-electron chi connectivity index (χ3n) is 6.77. The van der Waals surface area contributed by atoms with Gasteiger partial charge in [0.15, 0.2) is 0 Å². The first-order valence-electron chi connectivity index (χ1n) is 11.8. The normalized spacial score (nSPS) is 15.9. The van der Waals surface area contributed by atoms with Crippen molar-refractivity contribution in [3.8, 4) is 11.1 Å². The first-order valence-corrected chi connectivity index (χ1v) is 15.5. The standard InChI is InChI=1S/C30H32F2Si2/c1-29(2,3)33(31,27-17-15-23-11-7-9-13-25(23)21-27)19-20-34(32,30(4,5)6)28-18-16-24-12-8-10-14-26(24)22-28/h7-18,21-22H,1-6H3. The summed E-state index contributed by atoms with van der Waals surface area (Å²) >= 11 is 0. The highest BCUT2D eigenvalue weighted by atomic mass is 28.4. The van der Waals surface area contributed by atoms with Crippen LogP contribution in [0.3, 0.4) is 0 Å². The van der Waals surface area contributed by atoms with Gasteiger partial charge in [0, 0.05) is 10.1 Å². The summed E-state index contributed by atoms with van der Waals surface area (Å²) in [5, 5.41) is 3.88. The van der Waals surface area contributed by atoms with E-state index in [0.717, 1.165) is 21.5 Å². The van der Waals surface area contributed by atoms with E-state index in [1.54, 1.807) is 0 Å². The molecule has 174 valence electrons. The van der Waals surface area contributed by atoms with E-state index in [-0.39, 0.29) is 0 Å². The molecule has 4 aromatic rings. The number of hydrogen-bond acceptors (Lipinski definition) is 0. The molecule has 0 aromatic heterocycles. The topological polar surface area (TPSA) is 0 Å². The Morgan fingerprint density at radius 2 is 0.824 bits per heavy atom. The van der Waals surface area contributed by atoms with Gasteiger partial charge in [0.1, 0.15) is 0 Å². The highest BCUT2D eigenvalue weighted by Gasteiger charge is 2.51. The van der Waals surface area contributed by atoms with Crippen LogP contribution in [0.5, 0.6) is 0 Å². The number of halogens is 2. The summed E-state index contributed by atoms with van der Waals surface area (Å²) in [4.78, 5) is 0. The minimum atomic E-state index is -3.89. The van der Waals surface area contributed by atoms with Crippen molar-refractivity contribution < 1.29 is 8.22 Å². The number of benzene rings is 4. The van der Waals surface area contributed by atoms with Crippen molar-refractivity contribution in [1.29, 1.82) is 0 Å². The molecule has 0 spiro atoms. The van der Waals surface area contributed by atoms with Crippen LogP contribution in [0.15, 0.2) is 84.9 Å². The van der Waals surface area contributed by atoms with Gasteiger partial charge in [-0.15, -0.1) is 0 Å². The number of hydrogen-bond donors (Lipinski definition) is 0. The lowest BCUT2D eigenvalue weighted by Gasteiger charge is -2.34. The van der Waals surface area contributed by atoms with Gasteiger partial charge in [-0.25, -0.2) is 0 Å². The monoisotopic (exact) mass is 486 g/mol. The van der Waals surface area contributed by atoms with Crippen LogP contribution in [0.1, 0.15) is 41.5 Å². The molecule has 4 rings (SSSR count). The van der Waals surface area contributed by atoms with Gasteiger partial charge < -0.3 is 0 Å². The van der Waals surface area contributed by atoms with Gasteiger partial charge >= 0.3 is 16.8 Å². The zero-order chi connectivity index (χ0) is 24.8. The summed E-state index contributed by atoms with van der Waals surface area (Å²) in [6.45, 7) is 11.3. The molecule has 0 aliphatic carbocycles. The summed E-state index contributed by atoms with van der Waals surface area (Å²) < 4.78 is 34.1. The van der Waals surface area contributed by atoms with Crippen molar-refractivity contribution in [3.63, 3.8) is 0 Å². The fourth-order valence-electron chi connectivity index (χ4n) is 4.36. The molecule has 0 bridgehead atoms. The predicted molar refractivity (Wildman–Crippen MR) is 148 cm³/mol. The smallest absolute Gasteiger partial charge is 0.291 e. The maximum Gasteiger partial charge on any atom is 0.358 e. The van der Waals surface area contributed by atoms with Crippen LogP contribution in [0.2, 0.25) is 10.1 Å². The van der Waals surface area contributed by atoms with Gasteiger partial charge in [0.05, 0.1) is 0 Å². The second kappa shape index (κ2) is 8.48. The van der Waals surface area contributed by atoms with E-state index in [4.69, 9.17) is 0 Å². The van der Waals surface area contributed by atoms with Gasteiger partial charge in [-0.3, -0.25) is 8.22 Å². The Bertz CT molecular complexity index is 1310. The predicted octanol–water partition coefficient (Wildman–Crippen LogP) is 7.62. The molecule has 4 aromatic carbocycles. The van der Waals surface area contributed by atoms with Crippen molar-refractivity contribution in [2.45, 2.75) is 51.6 Å². The summed E-state index contributed by atoms with van der Waals surface area (Å²) in [6.07, 6.45) is 0. The van der Waals surface area contributed by atoms with E-state index < -0.39 is 26.9 Å². The fraction of sp³-hybridized carbons (Fsp3) is 0.267. The molecule has 34 heavy (non-hydrogen) atoms. The number of fused-ring (bicyclic) bond motifs is 2. The minimum Gasteiger partial charge on any atom is -0.291 e. The Morgan fingerprint density at radius 3 is 1.15 bits per heavy atom. The van der Waals surface area contributed by atoms with Gasteiger partial charge in [0.2, 0.25) is 0 Å². The Balaban J connectivity index is 1.90. The van der Waals surface area contributed by atoms with Crippen molar-refractivity contribution >= 4 is 48.7 Å². The third kappa shape index (κ3) is 4.24. The van der Waals surface area contributed by atoms with E-state index in [9.17, 15) is 0 Å². The Labute approximate surface area is 204 Å². The second-order valence-corrected chi connectivity index (χ2v) is 18.5. The average Bonchev–Trinajstić information content (AvgIpc) is 2.80. The molecule has 0 radical (unpaired) electrons. The summed E-state index contributed by atoms with van der Waals surface area (Å²) in [7, 11) is -7.77. The Morgan fingerprint density at radius 1 is 0.500 bits per heavy atom. The lowest BCUT2D eigenvalue weighted by molar-refractivity contribution is 0.640. The first kappa shape index (κ1) is 24.4.